The van der Waals surface area contributed by atoms with E-state index in [0.717, 1.165) is 17.9 Å². The van der Waals surface area contributed by atoms with Gasteiger partial charge < -0.3 is 0 Å². The molecule has 106 valence electrons. The first kappa shape index (κ1) is 14.3. The Morgan fingerprint density at radius 1 is 1.26 bits per heavy atom. The third-order valence-electron chi connectivity index (χ3n) is 3.23. The molecule has 1 aliphatic rings. The lowest BCUT2D eigenvalue weighted by atomic mass is 9.92. The third kappa shape index (κ3) is 2.62. The first-order valence-corrected chi connectivity index (χ1v) is 6.71. The number of carbonyl (C=O) groups is 1. The van der Waals surface area contributed by atoms with Crippen molar-refractivity contribution in [1.82, 2.24) is 5.06 Å². The van der Waals surface area contributed by atoms with Crippen LogP contribution in [0.25, 0.3) is 0 Å². The summed E-state index contributed by atoms with van der Waals surface area (Å²) in [5.41, 5.74) is 0.856. The number of halogens is 3. The SMILES string of the molecule is CON(C)C(=O)c1sc(C(F)(F)F)c2c1CCCC2. The number of nitrogens with zero attached hydrogens (tertiary/aromatic N) is 1. The van der Waals surface area contributed by atoms with E-state index in [4.69, 9.17) is 4.84 Å². The number of fused-ring (bicyclic) bond motifs is 1. The van der Waals surface area contributed by atoms with Crippen molar-refractivity contribution >= 4 is 17.2 Å². The summed E-state index contributed by atoms with van der Waals surface area (Å²) in [6, 6.07) is 0. The zero-order valence-corrected chi connectivity index (χ0v) is 11.5. The maximum absolute atomic E-state index is 13.0. The Labute approximate surface area is 112 Å². The molecule has 1 aliphatic carbocycles. The molecular formula is C12H14F3NO2S. The third-order valence-corrected chi connectivity index (χ3v) is 4.54. The van der Waals surface area contributed by atoms with E-state index in [1.165, 1.54) is 14.2 Å². The van der Waals surface area contributed by atoms with Gasteiger partial charge in [-0.1, -0.05) is 0 Å². The predicted molar refractivity (Wildman–Crippen MR) is 65.1 cm³/mol. The first-order valence-electron chi connectivity index (χ1n) is 5.90. The second-order valence-corrected chi connectivity index (χ2v) is 5.43. The van der Waals surface area contributed by atoms with Crippen molar-refractivity contribution in [2.45, 2.75) is 31.9 Å². The monoisotopic (exact) mass is 293 g/mol. The van der Waals surface area contributed by atoms with E-state index in [0.29, 0.717) is 35.3 Å². The quantitative estimate of drug-likeness (QED) is 0.783. The lowest BCUT2D eigenvalue weighted by Gasteiger charge is -2.17. The number of hydrogen-bond acceptors (Lipinski definition) is 3. The summed E-state index contributed by atoms with van der Waals surface area (Å²) in [5, 5.41) is 0.959. The number of rotatable bonds is 2. The molecule has 0 bridgehead atoms. The number of alkyl halides is 3. The molecule has 2 rings (SSSR count). The maximum atomic E-state index is 13.0. The van der Waals surface area contributed by atoms with E-state index in [-0.39, 0.29) is 4.88 Å². The molecular weight excluding hydrogens is 279 g/mol. The van der Waals surface area contributed by atoms with Crippen LogP contribution in [0.2, 0.25) is 0 Å². The molecule has 1 heterocycles. The molecule has 0 unspecified atom stereocenters. The highest BCUT2D eigenvalue weighted by molar-refractivity contribution is 7.14. The van der Waals surface area contributed by atoms with Crippen LogP contribution in [0.15, 0.2) is 0 Å². The van der Waals surface area contributed by atoms with Crippen LogP contribution < -0.4 is 0 Å². The number of amides is 1. The van der Waals surface area contributed by atoms with Gasteiger partial charge in [-0.25, -0.2) is 5.06 Å². The van der Waals surface area contributed by atoms with Gasteiger partial charge >= 0.3 is 6.18 Å². The van der Waals surface area contributed by atoms with E-state index in [1.54, 1.807) is 0 Å². The van der Waals surface area contributed by atoms with Gasteiger partial charge in [0.2, 0.25) is 0 Å². The maximum Gasteiger partial charge on any atom is 0.425 e. The van der Waals surface area contributed by atoms with Gasteiger partial charge in [0.25, 0.3) is 5.91 Å². The van der Waals surface area contributed by atoms with Crippen LogP contribution in [-0.4, -0.2) is 25.1 Å². The lowest BCUT2D eigenvalue weighted by molar-refractivity contribution is -0.135. The fraction of sp³-hybridized carbons (Fsp3) is 0.583. The largest absolute Gasteiger partial charge is 0.425 e. The molecule has 0 atom stereocenters. The second kappa shape index (κ2) is 5.13. The fourth-order valence-corrected chi connectivity index (χ4v) is 3.49. The van der Waals surface area contributed by atoms with Gasteiger partial charge in [-0.05, 0) is 36.8 Å². The highest BCUT2D eigenvalue weighted by Crippen LogP contribution is 2.43. The molecule has 0 spiro atoms. The van der Waals surface area contributed by atoms with Crippen LogP contribution in [0.3, 0.4) is 0 Å². The zero-order chi connectivity index (χ0) is 14.2. The Morgan fingerprint density at radius 2 is 1.84 bits per heavy atom. The zero-order valence-electron chi connectivity index (χ0n) is 10.6. The average molecular weight is 293 g/mol. The van der Waals surface area contributed by atoms with Gasteiger partial charge in [-0.2, -0.15) is 13.2 Å². The predicted octanol–water partition coefficient (Wildman–Crippen LogP) is 3.28. The summed E-state index contributed by atoms with van der Waals surface area (Å²) in [4.78, 5) is 16.3. The standard InChI is InChI=1S/C12H14F3NO2S/c1-16(18-2)11(17)9-7-5-3-4-6-8(7)10(19-9)12(13,14)15/h3-6H2,1-2H3. The van der Waals surface area contributed by atoms with E-state index in [2.05, 4.69) is 0 Å². The highest BCUT2D eigenvalue weighted by atomic mass is 32.1. The summed E-state index contributed by atoms with van der Waals surface area (Å²) in [7, 11) is 2.70. The molecule has 0 radical (unpaired) electrons. The van der Waals surface area contributed by atoms with Gasteiger partial charge in [-0.3, -0.25) is 9.63 Å². The number of hydroxylamine groups is 2. The Bertz CT molecular complexity index is 496. The van der Waals surface area contributed by atoms with Gasteiger partial charge in [0, 0.05) is 7.05 Å². The molecule has 0 saturated heterocycles. The van der Waals surface area contributed by atoms with Crippen LogP contribution in [0, 0.1) is 0 Å². The molecule has 0 aliphatic heterocycles. The van der Waals surface area contributed by atoms with Gasteiger partial charge in [0.1, 0.15) is 4.88 Å². The van der Waals surface area contributed by atoms with E-state index in [9.17, 15) is 18.0 Å². The molecule has 0 N–H and O–H groups in total. The smallest absolute Gasteiger partial charge is 0.274 e. The first-order chi connectivity index (χ1) is 8.86. The fourth-order valence-electron chi connectivity index (χ4n) is 2.26. The number of carbonyl (C=O) groups excluding carboxylic acids is 1. The Hall–Kier alpha value is -1.08. The molecule has 0 aromatic carbocycles. The highest BCUT2D eigenvalue weighted by Gasteiger charge is 2.39. The number of thiophene rings is 1. The second-order valence-electron chi connectivity index (χ2n) is 4.41. The van der Waals surface area contributed by atoms with Gasteiger partial charge in [0.05, 0.1) is 12.0 Å². The van der Waals surface area contributed by atoms with E-state index < -0.39 is 17.0 Å². The summed E-state index contributed by atoms with van der Waals surface area (Å²) >= 11 is 0.538. The molecule has 19 heavy (non-hydrogen) atoms. The topological polar surface area (TPSA) is 29.5 Å². The van der Waals surface area contributed by atoms with Gasteiger partial charge in [-0.15, -0.1) is 11.3 Å². The van der Waals surface area contributed by atoms with Crippen molar-refractivity contribution in [2.75, 3.05) is 14.2 Å². The van der Waals surface area contributed by atoms with Crippen LogP contribution in [-0.2, 0) is 23.9 Å². The van der Waals surface area contributed by atoms with Gasteiger partial charge in [0.15, 0.2) is 0 Å². The van der Waals surface area contributed by atoms with E-state index >= 15 is 0 Å². The van der Waals surface area contributed by atoms with Crippen LogP contribution in [0.5, 0.6) is 0 Å². The summed E-state index contributed by atoms with van der Waals surface area (Å²) in [6.45, 7) is 0. The van der Waals surface area contributed by atoms with Crippen molar-refractivity contribution < 1.29 is 22.8 Å². The average Bonchev–Trinajstić information content (AvgIpc) is 2.76. The van der Waals surface area contributed by atoms with Crippen molar-refractivity contribution in [3.8, 4) is 0 Å². The van der Waals surface area contributed by atoms with Crippen LogP contribution in [0.4, 0.5) is 13.2 Å². The molecule has 0 fully saturated rings. The summed E-state index contributed by atoms with van der Waals surface area (Å²) in [6.07, 6.45) is -1.92. The minimum Gasteiger partial charge on any atom is -0.274 e. The van der Waals surface area contributed by atoms with E-state index in [1.807, 2.05) is 0 Å². The Balaban J connectivity index is 2.51. The van der Waals surface area contributed by atoms with Crippen molar-refractivity contribution in [3.63, 3.8) is 0 Å². The van der Waals surface area contributed by atoms with Crippen LogP contribution >= 0.6 is 11.3 Å². The molecule has 0 saturated carbocycles. The summed E-state index contributed by atoms with van der Waals surface area (Å²) in [5.74, 6) is -0.513. The summed E-state index contributed by atoms with van der Waals surface area (Å²) < 4.78 is 39.0. The normalized spacial score (nSPS) is 15.2. The van der Waals surface area contributed by atoms with Crippen molar-refractivity contribution in [2.24, 2.45) is 0 Å². The van der Waals surface area contributed by atoms with Crippen LogP contribution in [0.1, 0.15) is 38.5 Å². The molecule has 1 amide bonds. The van der Waals surface area contributed by atoms with Crippen molar-refractivity contribution in [1.29, 1.82) is 0 Å². The lowest BCUT2D eigenvalue weighted by Crippen LogP contribution is -2.25. The molecule has 7 heteroatoms. The molecule has 1 aromatic rings. The Morgan fingerprint density at radius 3 is 2.37 bits per heavy atom. The molecule has 1 aromatic heterocycles. The van der Waals surface area contributed by atoms with Crippen molar-refractivity contribution in [3.05, 3.63) is 20.9 Å². The number of hydrogen-bond donors (Lipinski definition) is 0. The minimum atomic E-state index is -4.39. The Kier molecular flexibility index (Phi) is 3.87. The molecule has 3 nitrogen and oxygen atoms in total. The minimum absolute atomic E-state index is 0.159.